The van der Waals surface area contributed by atoms with E-state index in [-0.39, 0.29) is 4.90 Å². The largest absolute Gasteiger partial charge is 0.493 e. The maximum absolute atomic E-state index is 13.2. The number of aromatic nitrogens is 1. The summed E-state index contributed by atoms with van der Waals surface area (Å²) in [4.78, 5) is 18.1. The van der Waals surface area contributed by atoms with Gasteiger partial charge >= 0.3 is 0 Å². The molecule has 192 valence electrons. The van der Waals surface area contributed by atoms with E-state index in [1.54, 1.807) is 24.6 Å². The summed E-state index contributed by atoms with van der Waals surface area (Å²) in [7, 11) is -0.481. The van der Waals surface area contributed by atoms with E-state index in [1.807, 2.05) is 16.7 Å². The lowest BCUT2D eigenvalue weighted by Gasteiger charge is -2.34. The number of sulfonamides is 1. The first-order chi connectivity index (χ1) is 17.2. The van der Waals surface area contributed by atoms with Crippen LogP contribution in [-0.2, 0) is 16.6 Å². The summed E-state index contributed by atoms with van der Waals surface area (Å²) in [5.41, 5.74) is 1.16. The molecule has 0 radical (unpaired) electrons. The van der Waals surface area contributed by atoms with Crippen LogP contribution >= 0.6 is 11.3 Å². The fraction of sp³-hybridized carbons (Fsp3) is 0.385. The molecule has 0 spiro atoms. The molecule has 1 aliphatic rings. The Hall–Kier alpha value is -2.95. The third-order valence-corrected chi connectivity index (χ3v) is 9.16. The van der Waals surface area contributed by atoms with Crippen molar-refractivity contribution in [2.24, 2.45) is 16.8 Å². The minimum absolute atomic E-state index is 0.183. The zero-order valence-corrected chi connectivity index (χ0v) is 22.6. The van der Waals surface area contributed by atoms with E-state index in [0.717, 1.165) is 16.6 Å². The normalized spacial score (nSPS) is 19.4. The molecular weight excluding hydrogens is 498 g/mol. The summed E-state index contributed by atoms with van der Waals surface area (Å²) in [6.45, 7) is 9.42. The highest BCUT2D eigenvalue weighted by Crippen LogP contribution is 2.33. The molecule has 3 aromatic rings. The lowest BCUT2D eigenvalue weighted by atomic mass is 9.94. The number of nitrogens with zero attached hydrogens (tertiary/aromatic N) is 3. The number of hydrogen-bond donors (Lipinski definition) is 0. The molecule has 1 aliphatic heterocycles. The molecule has 1 aromatic heterocycles. The van der Waals surface area contributed by atoms with Gasteiger partial charge in [0.1, 0.15) is 0 Å². The molecule has 2 heterocycles. The zero-order chi connectivity index (χ0) is 26.0. The van der Waals surface area contributed by atoms with Gasteiger partial charge in [-0.2, -0.15) is 9.30 Å². The Morgan fingerprint density at radius 1 is 1.11 bits per heavy atom. The van der Waals surface area contributed by atoms with Gasteiger partial charge in [-0.25, -0.2) is 8.42 Å². The number of carbonyl (C=O) groups excluding carboxylic acids is 1. The van der Waals surface area contributed by atoms with Crippen LogP contribution in [0.5, 0.6) is 11.5 Å². The molecule has 2 unspecified atom stereocenters. The number of fused-ring (bicyclic) bond motifs is 1. The molecule has 0 saturated carbocycles. The number of thiazole rings is 1. The first kappa shape index (κ1) is 26.1. The number of benzene rings is 2. The van der Waals surface area contributed by atoms with Crippen molar-refractivity contribution in [2.75, 3.05) is 27.3 Å². The highest BCUT2D eigenvalue weighted by atomic mass is 32.2. The number of piperidine rings is 1. The van der Waals surface area contributed by atoms with E-state index >= 15 is 0 Å². The van der Waals surface area contributed by atoms with E-state index in [9.17, 15) is 13.2 Å². The summed E-state index contributed by atoms with van der Waals surface area (Å²) in [5, 5.41) is 0. The topological polar surface area (TPSA) is 90.2 Å². The molecule has 1 saturated heterocycles. The number of hydrogen-bond acceptors (Lipinski definition) is 6. The number of rotatable bonds is 7. The molecule has 0 aliphatic carbocycles. The Morgan fingerprint density at radius 2 is 1.72 bits per heavy atom. The molecule has 10 heteroatoms. The Kier molecular flexibility index (Phi) is 7.67. The van der Waals surface area contributed by atoms with Crippen molar-refractivity contribution in [1.29, 1.82) is 0 Å². The van der Waals surface area contributed by atoms with Crippen LogP contribution in [0.3, 0.4) is 0 Å². The molecular formula is C26H31N3O5S2. The second-order valence-electron chi connectivity index (χ2n) is 9.17. The number of ether oxygens (including phenoxy) is 2. The number of methoxy groups -OCH3 is 2. The van der Waals surface area contributed by atoms with Gasteiger partial charge in [0.05, 0.1) is 29.3 Å². The summed E-state index contributed by atoms with van der Waals surface area (Å²) in [6, 6.07) is 9.71. The Balaban J connectivity index is 1.67. The van der Waals surface area contributed by atoms with E-state index in [1.165, 1.54) is 35.6 Å². The molecule has 1 fully saturated rings. The monoisotopic (exact) mass is 529 g/mol. The van der Waals surface area contributed by atoms with Crippen molar-refractivity contribution in [2.45, 2.75) is 31.7 Å². The molecule has 8 nitrogen and oxygen atoms in total. The van der Waals surface area contributed by atoms with Crippen molar-refractivity contribution < 1.29 is 22.7 Å². The third-order valence-electron chi connectivity index (χ3n) is 6.27. The average Bonchev–Trinajstić information content (AvgIpc) is 3.18. The second kappa shape index (κ2) is 10.6. The maximum Gasteiger partial charge on any atom is 0.279 e. The lowest BCUT2D eigenvalue weighted by molar-refractivity contribution is 0.0997. The van der Waals surface area contributed by atoms with Crippen LogP contribution in [0.15, 0.2) is 58.9 Å². The van der Waals surface area contributed by atoms with Crippen LogP contribution in [0.1, 0.15) is 30.6 Å². The third kappa shape index (κ3) is 5.11. The van der Waals surface area contributed by atoms with Crippen LogP contribution in [0.25, 0.3) is 10.2 Å². The second-order valence-corrected chi connectivity index (χ2v) is 12.1. The van der Waals surface area contributed by atoms with Crippen molar-refractivity contribution in [3.05, 3.63) is 59.4 Å². The Bertz CT molecular complexity index is 1450. The fourth-order valence-electron chi connectivity index (χ4n) is 4.66. The highest BCUT2D eigenvalue weighted by Gasteiger charge is 2.31. The fourth-order valence-corrected chi connectivity index (χ4v) is 7.39. The van der Waals surface area contributed by atoms with E-state index in [4.69, 9.17) is 9.47 Å². The van der Waals surface area contributed by atoms with Gasteiger partial charge in [-0.1, -0.05) is 31.3 Å². The molecule has 1 amide bonds. The van der Waals surface area contributed by atoms with E-state index in [0.29, 0.717) is 53.3 Å². The van der Waals surface area contributed by atoms with E-state index in [2.05, 4.69) is 25.4 Å². The summed E-state index contributed by atoms with van der Waals surface area (Å²) in [6.07, 6.45) is 2.75. The minimum atomic E-state index is -3.62. The summed E-state index contributed by atoms with van der Waals surface area (Å²) in [5.74, 6) is 1.33. The first-order valence-electron chi connectivity index (χ1n) is 11.7. The van der Waals surface area contributed by atoms with Crippen LogP contribution in [0.4, 0.5) is 0 Å². The predicted octanol–water partition coefficient (Wildman–Crippen LogP) is 4.31. The molecule has 4 rings (SSSR count). The molecule has 0 N–H and O–H groups in total. The van der Waals surface area contributed by atoms with Gasteiger partial charge in [-0.05, 0) is 42.5 Å². The van der Waals surface area contributed by atoms with Crippen molar-refractivity contribution >= 4 is 37.5 Å². The average molecular weight is 530 g/mol. The first-order valence-corrected chi connectivity index (χ1v) is 14.0. The van der Waals surface area contributed by atoms with Gasteiger partial charge in [0, 0.05) is 37.3 Å². The number of amides is 1. The summed E-state index contributed by atoms with van der Waals surface area (Å²) < 4.78 is 41.4. The van der Waals surface area contributed by atoms with Crippen LogP contribution in [0.2, 0.25) is 0 Å². The molecule has 0 bridgehead atoms. The Morgan fingerprint density at radius 3 is 2.31 bits per heavy atom. The summed E-state index contributed by atoms with van der Waals surface area (Å²) >= 11 is 1.35. The van der Waals surface area contributed by atoms with Gasteiger partial charge in [0.2, 0.25) is 10.0 Å². The standard InChI is InChI=1S/C26H31N3O5S2/c1-6-11-29-21-13-22(33-4)23(34-5)14-24(21)35-26(29)27-25(30)19-7-9-20(10-8-19)36(31,32)28-15-17(2)12-18(3)16-28/h6-10,13-14,17-18H,1,11-12,15-16H2,2-5H3. The van der Waals surface area contributed by atoms with Crippen LogP contribution in [-0.4, -0.2) is 50.5 Å². The van der Waals surface area contributed by atoms with Crippen molar-refractivity contribution in [3.63, 3.8) is 0 Å². The smallest absolute Gasteiger partial charge is 0.279 e. The number of carbonyl (C=O) groups is 1. The van der Waals surface area contributed by atoms with Crippen molar-refractivity contribution in [3.8, 4) is 11.5 Å². The van der Waals surface area contributed by atoms with Crippen LogP contribution in [0, 0.1) is 11.8 Å². The van der Waals surface area contributed by atoms with Gasteiger partial charge in [0.25, 0.3) is 5.91 Å². The quantitative estimate of drug-likeness (QED) is 0.426. The molecule has 2 atom stereocenters. The van der Waals surface area contributed by atoms with Gasteiger partial charge < -0.3 is 14.0 Å². The lowest BCUT2D eigenvalue weighted by Crippen LogP contribution is -2.42. The maximum atomic E-state index is 13.2. The SMILES string of the molecule is C=CCn1c(=NC(=O)c2ccc(S(=O)(=O)N3CC(C)CC(C)C3)cc2)sc2cc(OC)c(OC)cc21. The predicted molar refractivity (Wildman–Crippen MR) is 141 cm³/mol. The highest BCUT2D eigenvalue weighted by molar-refractivity contribution is 7.89. The van der Waals surface area contributed by atoms with Gasteiger partial charge in [0.15, 0.2) is 16.3 Å². The van der Waals surface area contributed by atoms with Gasteiger partial charge in [-0.15, -0.1) is 6.58 Å². The Labute approximate surface area is 215 Å². The zero-order valence-electron chi connectivity index (χ0n) is 20.9. The number of allylic oxidation sites excluding steroid dienone is 1. The van der Waals surface area contributed by atoms with Crippen molar-refractivity contribution in [1.82, 2.24) is 8.87 Å². The minimum Gasteiger partial charge on any atom is -0.493 e. The van der Waals surface area contributed by atoms with E-state index < -0.39 is 15.9 Å². The van der Waals surface area contributed by atoms with Gasteiger partial charge in [-0.3, -0.25) is 4.79 Å². The molecule has 2 aromatic carbocycles. The molecule has 36 heavy (non-hydrogen) atoms. The van der Waals surface area contributed by atoms with Crippen LogP contribution < -0.4 is 14.3 Å².